The molecule has 0 bridgehead atoms. The van der Waals surface area contributed by atoms with Gasteiger partial charge in [-0.2, -0.15) is 0 Å². The third-order valence-electron chi connectivity index (χ3n) is 4.26. The molecular formula is C22H25NO7. The molecule has 0 aliphatic rings. The van der Waals surface area contributed by atoms with E-state index in [1.165, 1.54) is 27.4 Å². The van der Waals surface area contributed by atoms with Crippen LogP contribution in [0.15, 0.2) is 36.4 Å². The van der Waals surface area contributed by atoms with Crippen LogP contribution in [-0.4, -0.2) is 45.6 Å². The molecule has 30 heavy (non-hydrogen) atoms. The minimum absolute atomic E-state index is 0.106. The van der Waals surface area contributed by atoms with Gasteiger partial charge in [0, 0.05) is 17.2 Å². The predicted octanol–water partition coefficient (Wildman–Crippen LogP) is 3.35. The Bertz CT molecular complexity index is 920. The van der Waals surface area contributed by atoms with E-state index in [0.717, 1.165) is 0 Å². The highest BCUT2D eigenvalue weighted by atomic mass is 16.5. The maximum absolute atomic E-state index is 12.5. The lowest BCUT2D eigenvalue weighted by molar-refractivity contribution is -0.118. The SMILES string of the molecule is COc1ccc(C(=O)OCC(=O)c2ccc(NC(=O)C(C)C)cc2)c(OC)c1OC. The van der Waals surface area contributed by atoms with Crippen molar-refractivity contribution >= 4 is 23.3 Å². The van der Waals surface area contributed by atoms with Crippen LogP contribution in [0, 0.1) is 5.92 Å². The third kappa shape index (κ3) is 5.28. The van der Waals surface area contributed by atoms with Crippen LogP contribution in [0.2, 0.25) is 0 Å². The highest BCUT2D eigenvalue weighted by molar-refractivity contribution is 6.01. The summed E-state index contributed by atoms with van der Waals surface area (Å²) in [6.45, 7) is 3.12. The van der Waals surface area contributed by atoms with Gasteiger partial charge in [-0.25, -0.2) is 4.79 Å². The number of hydrogen-bond donors (Lipinski definition) is 1. The summed E-state index contributed by atoms with van der Waals surface area (Å²) >= 11 is 0. The predicted molar refractivity (Wildman–Crippen MR) is 111 cm³/mol. The van der Waals surface area contributed by atoms with Gasteiger partial charge in [0.2, 0.25) is 11.7 Å². The number of carbonyl (C=O) groups is 3. The summed E-state index contributed by atoms with van der Waals surface area (Å²) in [6.07, 6.45) is 0. The molecule has 0 spiro atoms. The highest BCUT2D eigenvalue weighted by Gasteiger charge is 2.22. The lowest BCUT2D eigenvalue weighted by atomic mass is 10.1. The molecular weight excluding hydrogens is 390 g/mol. The number of ether oxygens (including phenoxy) is 4. The number of benzene rings is 2. The first-order chi connectivity index (χ1) is 14.3. The third-order valence-corrected chi connectivity index (χ3v) is 4.26. The van der Waals surface area contributed by atoms with E-state index in [4.69, 9.17) is 18.9 Å². The van der Waals surface area contributed by atoms with E-state index >= 15 is 0 Å². The minimum Gasteiger partial charge on any atom is -0.493 e. The number of methoxy groups -OCH3 is 3. The number of Topliss-reactive ketones (excluding diaryl/α,β-unsaturated/α-hetero) is 1. The van der Waals surface area contributed by atoms with Crippen LogP contribution in [0.1, 0.15) is 34.6 Å². The zero-order valence-corrected chi connectivity index (χ0v) is 17.6. The van der Waals surface area contributed by atoms with Crippen molar-refractivity contribution in [2.24, 2.45) is 5.92 Å². The smallest absolute Gasteiger partial charge is 0.342 e. The van der Waals surface area contributed by atoms with Gasteiger partial charge in [-0.05, 0) is 36.4 Å². The van der Waals surface area contributed by atoms with Crippen LogP contribution in [0.4, 0.5) is 5.69 Å². The number of esters is 1. The molecule has 0 radical (unpaired) electrons. The monoisotopic (exact) mass is 415 g/mol. The molecule has 0 aliphatic carbocycles. The van der Waals surface area contributed by atoms with E-state index in [2.05, 4.69) is 5.32 Å². The number of hydrogen-bond acceptors (Lipinski definition) is 7. The molecule has 1 amide bonds. The molecule has 2 rings (SSSR count). The molecule has 0 saturated heterocycles. The van der Waals surface area contributed by atoms with Gasteiger partial charge >= 0.3 is 5.97 Å². The van der Waals surface area contributed by atoms with Crippen molar-refractivity contribution in [1.29, 1.82) is 0 Å². The number of rotatable bonds is 9. The van der Waals surface area contributed by atoms with Gasteiger partial charge in [0.15, 0.2) is 23.9 Å². The summed E-state index contributed by atoms with van der Waals surface area (Å²) < 4.78 is 20.8. The van der Waals surface area contributed by atoms with Crippen molar-refractivity contribution in [2.45, 2.75) is 13.8 Å². The van der Waals surface area contributed by atoms with E-state index in [9.17, 15) is 14.4 Å². The fraction of sp³-hybridized carbons (Fsp3) is 0.318. The Hall–Kier alpha value is -3.55. The molecule has 1 N–H and O–H groups in total. The Kier molecular flexibility index (Phi) is 7.80. The summed E-state index contributed by atoms with van der Waals surface area (Å²) in [5, 5.41) is 2.74. The fourth-order valence-electron chi connectivity index (χ4n) is 2.58. The van der Waals surface area contributed by atoms with Crippen molar-refractivity contribution in [3.63, 3.8) is 0 Å². The second-order valence-corrected chi connectivity index (χ2v) is 6.60. The summed E-state index contributed by atoms with van der Waals surface area (Å²) in [5.74, 6) is -0.594. The van der Waals surface area contributed by atoms with Crippen molar-refractivity contribution in [1.82, 2.24) is 0 Å². The van der Waals surface area contributed by atoms with Crippen LogP contribution in [-0.2, 0) is 9.53 Å². The van der Waals surface area contributed by atoms with Gasteiger partial charge in [0.1, 0.15) is 5.56 Å². The van der Waals surface area contributed by atoms with Gasteiger partial charge in [-0.1, -0.05) is 13.8 Å². The van der Waals surface area contributed by atoms with Crippen LogP contribution in [0.5, 0.6) is 17.2 Å². The summed E-state index contributed by atoms with van der Waals surface area (Å²) in [7, 11) is 4.28. The molecule has 0 heterocycles. The number of ketones is 1. The summed E-state index contributed by atoms with van der Waals surface area (Å²) in [4.78, 5) is 36.5. The van der Waals surface area contributed by atoms with Crippen molar-refractivity contribution in [3.8, 4) is 17.2 Å². The highest BCUT2D eigenvalue weighted by Crippen LogP contribution is 2.39. The van der Waals surface area contributed by atoms with E-state index in [-0.39, 0.29) is 34.7 Å². The van der Waals surface area contributed by atoms with Crippen LogP contribution >= 0.6 is 0 Å². The first kappa shape index (κ1) is 22.7. The number of amides is 1. The molecule has 8 nitrogen and oxygen atoms in total. The first-order valence-electron chi connectivity index (χ1n) is 9.22. The van der Waals surface area contributed by atoms with Gasteiger partial charge in [0.05, 0.1) is 21.3 Å². The molecule has 2 aromatic carbocycles. The van der Waals surface area contributed by atoms with Crippen molar-refractivity contribution < 1.29 is 33.3 Å². The quantitative estimate of drug-likeness (QED) is 0.495. The number of nitrogens with one attached hydrogen (secondary N) is 1. The second-order valence-electron chi connectivity index (χ2n) is 6.60. The lowest BCUT2D eigenvalue weighted by Crippen LogP contribution is -2.18. The Morgan fingerprint density at radius 1 is 0.867 bits per heavy atom. The minimum atomic E-state index is -0.734. The standard InChI is InChI=1S/C22H25NO7/c1-13(2)21(25)23-15-8-6-14(7-9-15)17(24)12-30-22(26)16-10-11-18(27-3)20(29-5)19(16)28-4/h6-11,13H,12H2,1-5H3,(H,23,25). The average molecular weight is 415 g/mol. The van der Waals surface area contributed by atoms with Crippen LogP contribution in [0.25, 0.3) is 0 Å². The normalized spacial score (nSPS) is 10.3. The van der Waals surface area contributed by atoms with Crippen molar-refractivity contribution in [3.05, 3.63) is 47.5 Å². The maximum atomic E-state index is 12.5. The van der Waals surface area contributed by atoms with Gasteiger partial charge in [-0.3, -0.25) is 9.59 Å². The zero-order valence-electron chi connectivity index (χ0n) is 17.6. The Morgan fingerprint density at radius 3 is 2.03 bits per heavy atom. The molecule has 0 unspecified atom stereocenters. The Labute approximate surface area is 175 Å². The molecule has 8 heteroatoms. The molecule has 160 valence electrons. The van der Waals surface area contributed by atoms with Gasteiger partial charge < -0.3 is 24.3 Å². The molecule has 2 aromatic rings. The Balaban J connectivity index is 2.06. The zero-order chi connectivity index (χ0) is 22.3. The van der Waals surface area contributed by atoms with E-state index in [1.807, 2.05) is 0 Å². The molecule has 0 aromatic heterocycles. The second kappa shape index (κ2) is 10.3. The molecule has 0 saturated carbocycles. The van der Waals surface area contributed by atoms with Gasteiger partial charge in [-0.15, -0.1) is 0 Å². The topological polar surface area (TPSA) is 100 Å². The number of anilines is 1. The number of carbonyl (C=O) groups excluding carboxylic acids is 3. The fourth-order valence-corrected chi connectivity index (χ4v) is 2.58. The van der Waals surface area contributed by atoms with Crippen LogP contribution < -0.4 is 19.5 Å². The van der Waals surface area contributed by atoms with E-state index in [0.29, 0.717) is 17.0 Å². The summed E-state index contributed by atoms with van der Waals surface area (Å²) in [5.41, 5.74) is 1.04. The largest absolute Gasteiger partial charge is 0.493 e. The van der Waals surface area contributed by atoms with E-state index in [1.54, 1.807) is 44.2 Å². The first-order valence-corrected chi connectivity index (χ1v) is 9.22. The molecule has 0 fully saturated rings. The Morgan fingerprint density at radius 2 is 1.50 bits per heavy atom. The average Bonchev–Trinajstić information content (AvgIpc) is 2.76. The lowest BCUT2D eigenvalue weighted by Gasteiger charge is -2.15. The van der Waals surface area contributed by atoms with Crippen LogP contribution in [0.3, 0.4) is 0 Å². The summed E-state index contributed by atoms with van der Waals surface area (Å²) in [6, 6.07) is 9.37. The molecule has 0 atom stereocenters. The van der Waals surface area contributed by atoms with E-state index < -0.39 is 12.6 Å². The molecule has 0 aliphatic heterocycles. The van der Waals surface area contributed by atoms with Crippen molar-refractivity contribution in [2.75, 3.05) is 33.3 Å². The maximum Gasteiger partial charge on any atom is 0.342 e. The van der Waals surface area contributed by atoms with Gasteiger partial charge in [0.25, 0.3) is 0 Å².